The van der Waals surface area contributed by atoms with Gasteiger partial charge in [0, 0.05) is 19.0 Å². The maximum absolute atomic E-state index is 12.0. The highest BCUT2D eigenvalue weighted by molar-refractivity contribution is 5.74. The van der Waals surface area contributed by atoms with Gasteiger partial charge in [0.25, 0.3) is 0 Å². The molecule has 3 aromatic rings. The zero-order valence-corrected chi connectivity index (χ0v) is 15.2. The molecule has 1 aliphatic heterocycles. The Morgan fingerprint density at radius 3 is 1.93 bits per heavy atom. The summed E-state index contributed by atoms with van der Waals surface area (Å²) in [6.07, 6.45) is 0.557. The third kappa shape index (κ3) is 3.79. The Morgan fingerprint density at radius 1 is 0.852 bits per heavy atom. The van der Waals surface area contributed by atoms with Crippen LogP contribution in [0.4, 0.5) is 0 Å². The van der Waals surface area contributed by atoms with Crippen molar-refractivity contribution in [3.63, 3.8) is 0 Å². The summed E-state index contributed by atoms with van der Waals surface area (Å²) >= 11 is 0. The van der Waals surface area contributed by atoms with Gasteiger partial charge in [-0.2, -0.15) is 0 Å². The number of carboxylic acids is 1. The van der Waals surface area contributed by atoms with Crippen LogP contribution in [0.15, 0.2) is 84.9 Å². The van der Waals surface area contributed by atoms with E-state index in [1.165, 1.54) is 16.7 Å². The molecule has 1 atom stereocenters. The fourth-order valence-electron chi connectivity index (χ4n) is 4.02. The molecule has 0 saturated heterocycles. The first-order chi connectivity index (χ1) is 13.2. The molecule has 1 unspecified atom stereocenters. The molecule has 0 spiro atoms. The second kappa shape index (κ2) is 7.77. The summed E-state index contributed by atoms with van der Waals surface area (Å²) in [5.41, 5.74) is 4.81. The van der Waals surface area contributed by atoms with Crippen molar-refractivity contribution >= 4 is 5.97 Å². The van der Waals surface area contributed by atoms with Crippen molar-refractivity contribution in [1.82, 2.24) is 4.90 Å². The van der Waals surface area contributed by atoms with Crippen molar-refractivity contribution in [1.29, 1.82) is 0 Å². The van der Waals surface area contributed by atoms with Crippen LogP contribution < -0.4 is 0 Å². The zero-order valence-electron chi connectivity index (χ0n) is 15.2. The average Bonchev–Trinajstić information content (AvgIpc) is 2.72. The molecule has 1 heterocycles. The van der Waals surface area contributed by atoms with Crippen molar-refractivity contribution in [2.45, 2.75) is 24.9 Å². The Balaban J connectivity index is 1.68. The van der Waals surface area contributed by atoms with Crippen molar-refractivity contribution in [2.24, 2.45) is 0 Å². The lowest BCUT2D eigenvalue weighted by Crippen LogP contribution is -2.47. The molecule has 3 aromatic carbocycles. The number of hydrogen-bond donors (Lipinski definition) is 1. The molecule has 3 heteroatoms. The molecule has 0 aromatic heterocycles. The molecule has 1 N–H and O–H groups in total. The lowest BCUT2D eigenvalue weighted by atomic mass is 9.88. The van der Waals surface area contributed by atoms with Crippen LogP contribution in [-0.2, 0) is 17.8 Å². The standard InChI is InChI=1S/C24H23NO2/c26-24(27)23-15-20-13-7-8-14-21(20)16-25(23)17-22(18-9-3-1-4-10-18)19-11-5-2-6-12-19/h1-14,22-23H,15-17H2,(H,26,27). The number of aliphatic carboxylic acids is 1. The summed E-state index contributed by atoms with van der Waals surface area (Å²) in [5.74, 6) is -0.608. The first-order valence-corrected chi connectivity index (χ1v) is 9.36. The van der Waals surface area contributed by atoms with Crippen LogP contribution in [0.1, 0.15) is 28.2 Å². The molecule has 3 nitrogen and oxygen atoms in total. The number of hydrogen-bond acceptors (Lipinski definition) is 2. The van der Waals surface area contributed by atoms with Gasteiger partial charge in [-0.3, -0.25) is 9.69 Å². The van der Waals surface area contributed by atoms with Gasteiger partial charge in [0.2, 0.25) is 0 Å². The monoisotopic (exact) mass is 357 g/mol. The van der Waals surface area contributed by atoms with E-state index in [0.29, 0.717) is 19.5 Å². The summed E-state index contributed by atoms with van der Waals surface area (Å²) in [6.45, 7) is 1.35. The lowest BCUT2D eigenvalue weighted by molar-refractivity contribution is -0.144. The minimum Gasteiger partial charge on any atom is -0.480 e. The third-order valence-corrected chi connectivity index (χ3v) is 5.45. The highest BCUT2D eigenvalue weighted by atomic mass is 16.4. The van der Waals surface area contributed by atoms with Gasteiger partial charge in [0.1, 0.15) is 6.04 Å². The van der Waals surface area contributed by atoms with E-state index < -0.39 is 12.0 Å². The number of rotatable bonds is 5. The van der Waals surface area contributed by atoms with Gasteiger partial charge < -0.3 is 5.11 Å². The Bertz CT molecular complexity index is 868. The van der Waals surface area contributed by atoms with Gasteiger partial charge in [-0.15, -0.1) is 0 Å². The van der Waals surface area contributed by atoms with Crippen molar-refractivity contribution in [3.8, 4) is 0 Å². The topological polar surface area (TPSA) is 40.5 Å². The first-order valence-electron chi connectivity index (χ1n) is 9.36. The van der Waals surface area contributed by atoms with E-state index in [-0.39, 0.29) is 5.92 Å². The van der Waals surface area contributed by atoms with Gasteiger partial charge in [0.15, 0.2) is 0 Å². The quantitative estimate of drug-likeness (QED) is 0.739. The summed E-state index contributed by atoms with van der Waals surface area (Å²) in [4.78, 5) is 14.1. The highest BCUT2D eigenvalue weighted by Crippen LogP contribution is 2.30. The van der Waals surface area contributed by atoms with E-state index >= 15 is 0 Å². The second-order valence-electron chi connectivity index (χ2n) is 7.13. The number of benzene rings is 3. The van der Waals surface area contributed by atoms with E-state index in [0.717, 1.165) is 5.56 Å². The molecule has 0 aliphatic carbocycles. The fourth-order valence-corrected chi connectivity index (χ4v) is 4.02. The van der Waals surface area contributed by atoms with Crippen LogP contribution in [0.2, 0.25) is 0 Å². The molecule has 0 bridgehead atoms. The number of carboxylic acid groups (broad SMARTS) is 1. The van der Waals surface area contributed by atoms with Crippen LogP contribution in [0, 0.1) is 0 Å². The largest absolute Gasteiger partial charge is 0.480 e. The van der Waals surface area contributed by atoms with Crippen LogP contribution in [-0.4, -0.2) is 28.6 Å². The normalized spacial score (nSPS) is 16.9. The van der Waals surface area contributed by atoms with Crippen molar-refractivity contribution in [2.75, 3.05) is 6.54 Å². The Morgan fingerprint density at radius 2 is 1.37 bits per heavy atom. The smallest absolute Gasteiger partial charge is 0.321 e. The average molecular weight is 357 g/mol. The van der Waals surface area contributed by atoms with E-state index in [4.69, 9.17) is 0 Å². The number of carbonyl (C=O) groups is 1. The van der Waals surface area contributed by atoms with Gasteiger partial charge >= 0.3 is 5.97 Å². The lowest BCUT2D eigenvalue weighted by Gasteiger charge is -2.37. The molecule has 0 amide bonds. The van der Waals surface area contributed by atoms with E-state index in [1.807, 2.05) is 48.5 Å². The molecule has 27 heavy (non-hydrogen) atoms. The van der Waals surface area contributed by atoms with E-state index in [2.05, 4.69) is 41.3 Å². The Hall–Kier alpha value is -2.91. The van der Waals surface area contributed by atoms with Crippen LogP contribution in [0.3, 0.4) is 0 Å². The number of nitrogens with zero attached hydrogens (tertiary/aromatic N) is 1. The van der Waals surface area contributed by atoms with E-state index in [1.54, 1.807) is 0 Å². The molecule has 0 radical (unpaired) electrons. The van der Waals surface area contributed by atoms with Crippen LogP contribution in [0.5, 0.6) is 0 Å². The minimum absolute atomic E-state index is 0.138. The first kappa shape index (κ1) is 17.5. The molecular weight excluding hydrogens is 334 g/mol. The predicted octanol–water partition coefficient (Wildman–Crippen LogP) is 4.33. The Labute approximate surface area is 159 Å². The molecule has 0 fully saturated rings. The second-order valence-corrected chi connectivity index (χ2v) is 7.13. The number of fused-ring (bicyclic) bond motifs is 1. The SMILES string of the molecule is O=C(O)C1Cc2ccccc2CN1CC(c1ccccc1)c1ccccc1. The highest BCUT2D eigenvalue weighted by Gasteiger charge is 2.33. The molecular formula is C24H23NO2. The molecule has 0 saturated carbocycles. The molecule has 136 valence electrons. The van der Waals surface area contributed by atoms with Crippen molar-refractivity contribution < 1.29 is 9.90 Å². The zero-order chi connectivity index (χ0) is 18.6. The molecule has 1 aliphatic rings. The molecule has 4 rings (SSSR count). The van der Waals surface area contributed by atoms with Gasteiger partial charge in [-0.1, -0.05) is 84.9 Å². The summed E-state index contributed by atoms with van der Waals surface area (Å²) in [5, 5.41) is 9.85. The van der Waals surface area contributed by atoms with Gasteiger partial charge in [-0.05, 0) is 28.7 Å². The van der Waals surface area contributed by atoms with Crippen LogP contribution in [0.25, 0.3) is 0 Å². The van der Waals surface area contributed by atoms with Gasteiger partial charge in [0.05, 0.1) is 0 Å². The van der Waals surface area contributed by atoms with Crippen molar-refractivity contribution in [3.05, 3.63) is 107 Å². The Kier molecular flexibility index (Phi) is 5.03. The third-order valence-electron chi connectivity index (χ3n) is 5.45. The fraction of sp³-hybridized carbons (Fsp3) is 0.208. The summed E-state index contributed by atoms with van der Waals surface area (Å²) in [7, 11) is 0. The predicted molar refractivity (Wildman–Crippen MR) is 107 cm³/mol. The summed E-state index contributed by atoms with van der Waals surface area (Å²) in [6, 6.07) is 28.4. The maximum atomic E-state index is 12.0. The summed E-state index contributed by atoms with van der Waals surface area (Å²) < 4.78 is 0. The van der Waals surface area contributed by atoms with Gasteiger partial charge in [-0.25, -0.2) is 0 Å². The maximum Gasteiger partial charge on any atom is 0.321 e. The minimum atomic E-state index is -0.746. The van der Waals surface area contributed by atoms with Crippen LogP contribution >= 0.6 is 0 Å². The van der Waals surface area contributed by atoms with E-state index in [9.17, 15) is 9.90 Å².